The minimum absolute atomic E-state index is 0.0438. The summed E-state index contributed by atoms with van der Waals surface area (Å²) in [7, 11) is 0. The van der Waals surface area contributed by atoms with Gasteiger partial charge in [0, 0.05) is 16.2 Å². The second-order valence-corrected chi connectivity index (χ2v) is 7.87. The molecule has 1 saturated carbocycles. The monoisotopic (exact) mass is 546 g/mol. The molecule has 0 heterocycles. The summed E-state index contributed by atoms with van der Waals surface area (Å²) in [6.45, 7) is 0.928. The Hall–Kier alpha value is -4.49. The fraction of sp³-hybridized carbons (Fsp3) is 0.333. The highest BCUT2D eigenvalue weighted by molar-refractivity contribution is 5.91. The summed E-state index contributed by atoms with van der Waals surface area (Å²) in [6, 6.07) is 0. The molecule has 1 fully saturated rings. The average molecular weight is 546 g/mol. The maximum Gasteiger partial charge on any atom is 0.344 e. The van der Waals surface area contributed by atoms with Gasteiger partial charge in [-0.1, -0.05) is 10.2 Å². The summed E-state index contributed by atoms with van der Waals surface area (Å²) < 4.78 is 109. The van der Waals surface area contributed by atoms with Gasteiger partial charge >= 0.3 is 11.9 Å². The Balaban J connectivity index is 1.79. The number of hydrogen-bond acceptors (Lipinski definition) is 6. The van der Waals surface area contributed by atoms with Crippen LogP contribution >= 0.6 is 0 Å². The number of rotatable bonds is 6. The largest absolute Gasteiger partial charge is 0.458 e. The van der Waals surface area contributed by atoms with Gasteiger partial charge in [-0.3, -0.25) is 0 Å². The van der Waals surface area contributed by atoms with Crippen LogP contribution in [0.4, 0.5) is 42.1 Å². The molecule has 0 bridgehead atoms. The third-order valence-corrected chi connectivity index (χ3v) is 5.59. The second-order valence-electron chi connectivity index (χ2n) is 7.87. The highest BCUT2D eigenvalue weighted by Crippen LogP contribution is 2.34. The molecule has 0 saturated heterocycles. The van der Waals surface area contributed by atoms with Gasteiger partial charge < -0.3 is 9.47 Å². The van der Waals surface area contributed by atoms with Crippen molar-refractivity contribution in [1.82, 2.24) is 0 Å². The Morgan fingerprint density at radius 1 is 0.711 bits per heavy atom. The summed E-state index contributed by atoms with van der Waals surface area (Å²) in [5.41, 5.74) is 10.2. The van der Waals surface area contributed by atoms with Gasteiger partial charge in [0.25, 0.3) is 0 Å². The first-order valence-corrected chi connectivity index (χ1v) is 10.5. The van der Waals surface area contributed by atoms with E-state index >= 15 is 0 Å². The van der Waals surface area contributed by atoms with Crippen LogP contribution in [0.3, 0.4) is 0 Å². The van der Waals surface area contributed by atoms with E-state index in [1.165, 1.54) is 0 Å². The maximum atomic E-state index is 14.6. The number of azide groups is 2. The van der Waals surface area contributed by atoms with E-state index in [1.54, 1.807) is 0 Å². The smallest absolute Gasteiger partial charge is 0.344 e. The Morgan fingerprint density at radius 2 is 1.11 bits per heavy atom. The summed E-state index contributed by atoms with van der Waals surface area (Å²) >= 11 is 0. The van der Waals surface area contributed by atoms with Gasteiger partial charge in [-0.15, -0.1) is 0 Å². The lowest BCUT2D eigenvalue weighted by Crippen LogP contribution is -2.32. The van der Waals surface area contributed by atoms with Crippen LogP contribution in [0.15, 0.2) is 10.2 Å². The van der Waals surface area contributed by atoms with E-state index in [0.29, 0.717) is 0 Å². The lowest BCUT2D eigenvalue weighted by molar-refractivity contribution is -0.0186. The Kier molecular flexibility index (Phi) is 8.33. The molecule has 38 heavy (non-hydrogen) atoms. The lowest BCUT2D eigenvalue weighted by Gasteiger charge is -2.29. The third-order valence-electron chi connectivity index (χ3n) is 5.59. The van der Waals surface area contributed by atoms with Crippen LogP contribution in [0.1, 0.15) is 52.0 Å². The molecule has 0 spiro atoms. The molecule has 2 unspecified atom stereocenters. The van der Waals surface area contributed by atoms with Crippen LogP contribution in [0.2, 0.25) is 0 Å². The minimum atomic E-state index is -2.18. The van der Waals surface area contributed by atoms with Gasteiger partial charge in [0.2, 0.25) is 0 Å². The zero-order valence-electron chi connectivity index (χ0n) is 18.9. The Labute approximate surface area is 207 Å². The summed E-state index contributed by atoms with van der Waals surface area (Å²) in [5, 5.41) is 5.34. The molecule has 1 aliphatic carbocycles. The molecule has 0 aromatic heterocycles. The quantitative estimate of drug-likeness (QED) is 0.0941. The van der Waals surface area contributed by atoms with E-state index in [-0.39, 0.29) is 25.7 Å². The van der Waals surface area contributed by atoms with Gasteiger partial charge in [-0.25, -0.2) is 40.3 Å². The average Bonchev–Trinajstić information content (AvgIpc) is 2.87. The van der Waals surface area contributed by atoms with Crippen LogP contribution in [-0.2, 0) is 9.47 Å². The Morgan fingerprint density at radius 3 is 1.55 bits per heavy atom. The number of hydrogen-bond donors (Lipinski definition) is 0. The van der Waals surface area contributed by atoms with Gasteiger partial charge in [0.05, 0.1) is 5.69 Å². The normalized spacial score (nSPS) is 16.7. The highest BCUT2D eigenvalue weighted by Gasteiger charge is 2.35. The number of carbonyl (C=O) groups is 2. The molecular formula is C21H13F7N6O4. The van der Waals surface area contributed by atoms with E-state index in [1.807, 2.05) is 4.91 Å². The number of halogens is 7. The van der Waals surface area contributed by atoms with Crippen LogP contribution < -0.4 is 0 Å². The van der Waals surface area contributed by atoms with Crippen LogP contribution in [0.25, 0.3) is 20.9 Å². The minimum Gasteiger partial charge on any atom is -0.458 e. The highest BCUT2D eigenvalue weighted by atomic mass is 19.2. The molecule has 3 rings (SSSR count). The number of nitrogens with zero attached hydrogens (tertiary/aromatic N) is 6. The van der Waals surface area contributed by atoms with Crippen molar-refractivity contribution >= 4 is 23.3 Å². The van der Waals surface area contributed by atoms with Crippen LogP contribution in [0.5, 0.6) is 0 Å². The predicted octanol–water partition coefficient (Wildman–Crippen LogP) is 7.18. The molecule has 2 atom stereocenters. The van der Waals surface area contributed by atoms with Crippen molar-refractivity contribution in [3.8, 4) is 0 Å². The van der Waals surface area contributed by atoms with Crippen molar-refractivity contribution < 1.29 is 49.8 Å². The fourth-order valence-electron chi connectivity index (χ4n) is 3.78. The van der Waals surface area contributed by atoms with E-state index in [0.717, 1.165) is 6.92 Å². The van der Waals surface area contributed by atoms with E-state index in [9.17, 15) is 40.3 Å². The first-order chi connectivity index (χ1) is 17.9. The number of benzene rings is 2. The molecular weight excluding hydrogens is 533 g/mol. The predicted molar refractivity (Wildman–Crippen MR) is 112 cm³/mol. The van der Waals surface area contributed by atoms with Gasteiger partial charge in [-0.2, -0.15) is 0 Å². The summed E-state index contributed by atoms with van der Waals surface area (Å²) in [4.78, 5) is 29.0. The molecule has 2 aromatic carbocycles. The van der Waals surface area contributed by atoms with Crippen molar-refractivity contribution in [3.05, 3.63) is 78.3 Å². The van der Waals surface area contributed by atoms with E-state index < -0.39 is 92.9 Å². The van der Waals surface area contributed by atoms with Gasteiger partial charge in [-0.05, 0) is 42.8 Å². The fourth-order valence-corrected chi connectivity index (χ4v) is 3.78. The van der Waals surface area contributed by atoms with Crippen molar-refractivity contribution in [3.63, 3.8) is 0 Å². The molecule has 0 radical (unpaired) electrons. The topological polar surface area (TPSA) is 150 Å². The molecule has 200 valence electrons. The van der Waals surface area contributed by atoms with Crippen molar-refractivity contribution in [1.29, 1.82) is 0 Å². The van der Waals surface area contributed by atoms with Crippen molar-refractivity contribution in [2.45, 2.75) is 44.8 Å². The van der Waals surface area contributed by atoms with Crippen LogP contribution in [-0.4, -0.2) is 24.1 Å². The van der Waals surface area contributed by atoms with Crippen molar-refractivity contribution in [2.24, 2.45) is 10.2 Å². The molecule has 2 aromatic rings. The third kappa shape index (κ3) is 5.14. The molecule has 0 aliphatic heterocycles. The van der Waals surface area contributed by atoms with Crippen molar-refractivity contribution in [2.75, 3.05) is 0 Å². The van der Waals surface area contributed by atoms with Crippen LogP contribution in [0, 0.1) is 47.6 Å². The summed E-state index contributed by atoms with van der Waals surface area (Å²) in [6.07, 6.45) is -2.48. The Bertz CT molecular complexity index is 1280. The second kappa shape index (κ2) is 11.3. The van der Waals surface area contributed by atoms with E-state index in [2.05, 4.69) is 15.1 Å². The number of carbonyl (C=O) groups excluding carboxylic acids is 2. The molecule has 0 N–H and O–H groups in total. The van der Waals surface area contributed by atoms with Gasteiger partial charge in [0.15, 0.2) is 34.9 Å². The first kappa shape index (κ1) is 28.1. The SMILES string of the molecule is Cc1c(F)c(C(=O)OC2CCCC(OC(=O)c3c(F)c(F)c(N=[N+]=[N-])c(F)c3F)C2)c(F)c(F)c1N=[N+]=[N-]. The standard InChI is InChI=1S/C21H13F7N6O4/c1-6-11(22)9(12(23)15(26)18(6)31-33-29)20(35)37-7-3-2-4-8(5-7)38-21(36)10-13(24)16(27)19(32-34-30)17(28)14(10)25/h7-8H,2-5H2,1H3. The zero-order chi connectivity index (χ0) is 28.3. The molecule has 0 amide bonds. The first-order valence-electron chi connectivity index (χ1n) is 10.5. The zero-order valence-corrected chi connectivity index (χ0v) is 18.9. The molecule has 17 heteroatoms. The summed E-state index contributed by atoms with van der Waals surface area (Å²) in [5.74, 6) is -17.4. The van der Waals surface area contributed by atoms with Gasteiger partial charge in [0.1, 0.15) is 34.8 Å². The maximum absolute atomic E-state index is 14.6. The molecule has 1 aliphatic rings. The number of esters is 2. The molecule has 10 nitrogen and oxygen atoms in total. The lowest BCUT2D eigenvalue weighted by atomic mass is 9.94. The van der Waals surface area contributed by atoms with E-state index in [4.69, 9.17) is 20.5 Å². The number of ether oxygens (including phenoxy) is 2.